The van der Waals surface area contributed by atoms with Crippen LogP contribution in [0.2, 0.25) is 0 Å². The molecule has 1 fully saturated rings. The second kappa shape index (κ2) is 39.3. The van der Waals surface area contributed by atoms with Crippen LogP contribution in [0.3, 0.4) is 0 Å². The van der Waals surface area contributed by atoms with E-state index in [0.717, 1.165) is 44.9 Å². The number of carbonyl (C=O) groups is 2. The Morgan fingerprint density at radius 3 is 1.51 bits per heavy atom. The monoisotopic (exact) mass is 965 g/mol. The number of rotatable bonds is 37. The van der Waals surface area contributed by atoms with Crippen molar-refractivity contribution in [1.82, 2.24) is 0 Å². The number of hydrogen-bond donors (Lipinski definition) is 8. The van der Waals surface area contributed by atoms with E-state index in [1.807, 2.05) is 36.5 Å². The summed E-state index contributed by atoms with van der Waals surface area (Å²) in [6.45, 7) is 2.83. The van der Waals surface area contributed by atoms with Gasteiger partial charge in [-0.1, -0.05) is 136 Å². The van der Waals surface area contributed by atoms with Crippen LogP contribution >= 0.6 is 7.82 Å². The van der Waals surface area contributed by atoms with Gasteiger partial charge in [-0.3, -0.25) is 18.6 Å². The quantitative estimate of drug-likeness (QED) is 0.0130. The van der Waals surface area contributed by atoms with Gasteiger partial charge in [-0.05, 0) is 89.9 Å². The summed E-state index contributed by atoms with van der Waals surface area (Å²) in [5.41, 5.74) is 0. The number of carbonyl (C=O) groups excluding carboxylic acids is 2. The molecular formula is C51H81O15P. The van der Waals surface area contributed by atoms with Crippen LogP contribution in [0.1, 0.15) is 129 Å². The van der Waals surface area contributed by atoms with Crippen LogP contribution in [-0.2, 0) is 32.7 Å². The lowest BCUT2D eigenvalue weighted by Crippen LogP contribution is -2.64. The van der Waals surface area contributed by atoms with Gasteiger partial charge >= 0.3 is 19.8 Å². The number of ether oxygens (including phenoxy) is 2. The fourth-order valence-electron chi connectivity index (χ4n) is 6.36. The highest BCUT2D eigenvalue weighted by Gasteiger charge is 2.51. The van der Waals surface area contributed by atoms with E-state index >= 15 is 0 Å². The summed E-state index contributed by atoms with van der Waals surface area (Å²) in [6.07, 6.45) is 33.0. The minimum atomic E-state index is -5.22. The van der Waals surface area contributed by atoms with E-state index in [1.165, 1.54) is 19.3 Å². The molecule has 1 aliphatic rings. The van der Waals surface area contributed by atoms with Crippen molar-refractivity contribution in [2.75, 3.05) is 13.2 Å². The molecule has 0 aromatic carbocycles. The van der Waals surface area contributed by atoms with Crippen molar-refractivity contribution < 1.29 is 73.3 Å². The highest BCUT2D eigenvalue weighted by Crippen LogP contribution is 2.47. The molecule has 0 bridgehead atoms. The zero-order chi connectivity index (χ0) is 49.5. The standard InChI is InChI=1S/C51H81O15P/c1-3-5-7-9-11-13-15-17-18-19-20-21-22-23-25-27-29-31-33-37-45(55)65-41(40-64-67(61,62)66-51-49(59)47(57)46(56)48(58)50(51)60)39-63-44(54)38-34-36-43(53)42(52)35-32-30-28-26-24-16-14-12-10-8-6-4-2/h6,8,11-14,17-18,20-21,23-26,29-32,41-43,46-53,56-60H,3-5,7,9-10,15-16,19,22,27-28,33-40H2,1-2H3,(H,61,62)/b8-6-,13-11-,14-12-,18-17-,21-20-,25-23-,26-24-,31-29-,32-30-/t41-,42+,43+,46?,47-,48+,49-,50-,51?/m1/s1. The number of aliphatic hydroxyl groups is 7. The molecule has 10 atom stereocenters. The molecular weight excluding hydrogens is 884 g/mol. The lowest BCUT2D eigenvalue weighted by atomic mass is 9.85. The minimum absolute atomic E-state index is 0.0889. The van der Waals surface area contributed by atoms with E-state index in [1.54, 1.807) is 12.2 Å². The molecule has 8 N–H and O–H groups in total. The van der Waals surface area contributed by atoms with Crippen molar-refractivity contribution in [1.29, 1.82) is 0 Å². The topological polar surface area (TPSA) is 250 Å². The summed E-state index contributed by atoms with van der Waals surface area (Å²) in [5, 5.41) is 70.9. The first-order chi connectivity index (χ1) is 32.2. The lowest BCUT2D eigenvalue weighted by Gasteiger charge is -2.41. The first-order valence-electron chi connectivity index (χ1n) is 23.9. The number of aliphatic hydroxyl groups excluding tert-OH is 7. The maximum absolute atomic E-state index is 12.8. The van der Waals surface area contributed by atoms with Gasteiger partial charge in [0.15, 0.2) is 6.10 Å². The molecule has 0 amide bonds. The summed E-state index contributed by atoms with van der Waals surface area (Å²) in [7, 11) is -5.22. The largest absolute Gasteiger partial charge is 0.472 e. The predicted molar refractivity (Wildman–Crippen MR) is 260 cm³/mol. The van der Waals surface area contributed by atoms with Gasteiger partial charge in [0.05, 0.1) is 18.8 Å². The molecule has 0 heterocycles. The van der Waals surface area contributed by atoms with Gasteiger partial charge < -0.3 is 50.1 Å². The van der Waals surface area contributed by atoms with Crippen molar-refractivity contribution in [2.24, 2.45) is 0 Å². The van der Waals surface area contributed by atoms with Crippen molar-refractivity contribution in [2.45, 2.75) is 184 Å². The van der Waals surface area contributed by atoms with Gasteiger partial charge in [-0.25, -0.2) is 4.57 Å². The first-order valence-corrected chi connectivity index (χ1v) is 25.4. The maximum Gasteiger partial charge on any atom is 0.472 e. The first kappa shape index (κ1) is 61.4. The normalized spacial score (nSPS) is 23.1. The van der Waals surface area contributed by atoms with Crippen molar-refractivity contribution in [3.05, 3.63) is 109 Å². The van der Waals surface area contributed by atoms with E-state index in [4.69, 9.17) is 18.5 Å². The predicted octanol–water partition coefficient (Wildman–Crippen LogP) is 7.55. The smallest absolute Gasteiger partial charge is 0.462 e. The van der Waals surface area contributed by atoms with Crippen LogP contribution in [0.15, 0.2) is 109 Å². The van der Waals surface area contributed by atoms with Crippen molar-refractivity contribution >= 4 is 19.8 Å². The second-order valence-corrected chi connectivity index (χ2v) is 17.6. The Hall–Kier alpha value is -3.57. The molecule has 1 aliphatic carbocycles. The van der Waals surface area contributed by atoms with E-state index in [9.17, 15) is 54.8 Å². The Morgan fingerprint density at radius 2 is 1.00 bits per heavy atom. The Balaban J connectivity index is 2.62. The SMILES string of the molecule is CC/C=C\C/C=C\C/C=C\C/C=C\C[C@H](O)[C@@H](O)CCCC(=O)OC[C@H](COP(=O)(O)OC1[C@H](O)[C@H](O)C(O)[C@H](O)[C@H]1O)OC(=O)CC/C=C\C/C=C\C/C=C\C/C=C\C/C=C\CCCCC. The van der Waals surface area contributed by atoms with E-state index in [-0.39, 0.29) is 32.1 Å². The average Bonchev–Trinajstić information content (AvgIpc) is 3.30. The number of hydrogen-bond acceptors (Lipinski definition) is 14. The molecule has 1 rings (SSSR count). The van der Waals surface area contributed by atoms with Crippen LogP contribution in [0.25, 0.3) is 0 Å². The van der Waals surface area contributed by atoms with Gasteiger partial charge in [0.1, 0.15) is 43.2 Å². The minimum Gasteiger partial charge on any atom is -0.462 e. The maximum atomic E-state index is 12.8. The lowest BCUT2D eigenvalue weighted by molar-refractivity contribution is -0.220. The molecule has 0 spiro atoms. The Kier molecular flexibility index (Phi) is 36.0. The molecule has 16 heteroatoms. The summed E-state index contributed by atoms with van der Waals surface area (Å²) >= 11 is 0. The Morgan fingerprint density at radius 1 is 0.537 bits per heavy atom. The zero-order valence-corrected chi connectivity index (χ0v) is 40.5. The molecule has 67 heavy (non-hydrogen) atoms. The van der Waals surface area contributed by atoms with Gasteiger partial charge in [0.25, 0.3) is 0 Å². The van der Waals surface area contributed by atoms with Crippen LogP contribution < -0.4 is 0 Å². The van der Waals surface area contributed by atoms with Gasteiger partial charge in [0, 0.05) is 12.8 Å². The molecule has 1 saturated carbocycles. The van der Waals surface area contributed by atoms with Crippen LogP contribution in [0.4, 0.5) is 0 Å². The number of allylic oxidation sites excluding steroid dienone is 17. The Labute approximate surface area is 398 Å². The average molecular weight is 965 g/mol. The molecule has 380 valence electrons. The highest BCUT2D eigenvalue weighted by atomic mass is 31.2. The van der Waals surface area contributed by atoms with E-state index in [0.29, 0.717) is 19.3 Å². The number of unbranched alkanes of at least 4 members (excludes halogenated alkanes) is 3. The molecule has 0 aliphatic heterocycles. The van der Waals surface area contributed by atoms with Crippen LogP contribution in [0, 0.1) is 0 Å². The molecule has 0 radical (unpaired) electrons. The fraction of sp³-hybridized carbons (Fsp3) is 0.608. The summed E-state index contributed by atoms with van der Waals surface area (Å²) < 4.78 is 33.3. The zero-order valence-electron chi connectivity index (χ0n) is 39.6. The van der Waals surface area contributed by atoms with Crippen LogP contribution in [-0.4, -0.2) is 121 Å². The molecule has 15 nitrogen and oxygen atoms in total. The second-order valence-electron chi connectivity index (χ2n) is 16.2. The van der Waals surface area contributed by atoms with Crippen LogP contribution in [0.5, 0.6) is 0 Å². The molecule has 3 unspecified atom stereocenters. The molecule has 0 saturated heterocycles. The van der Waals surface area contributed by atoms with Gasteiger partial charge in [-0.2, -0.15) is 0 Å². The third-order valence-electron chi connectivity index (χ3n) is 10.3. The number of phosphoric ester groups is 1. The van der Waals surface area contributed by atoms with Gasteiger partial charge in [-0.15, -0.1) is 0 Å². The van der Waals surface area contributed by atoms with Gasteiger partial charge in [0.2, 0.25) is 0 Å². The fourth-order valence-corrected chi connectivity index (χ4v) is 7.33. The number of esters is 2. The highest BCUT2D eigenvalue weighted by molar-refractivity contribution is 7.47. The summed E-state index contributed by atoms with van der Waals surface area (Å²) in [5.74, 6) is -1.50. The third-order valence-corrected chi connectivity index (χ3v) is 11.3. The Bertz CT molecular complexity index is 1620. The molecule has 0 aromatic heterocycles. The van der Waals surface area contributed by atoms with Crippen molar-refractivity contribution in [3.63, 3.8) is 0 Å². The molecule has 0 aromatic rings. The third kappa shape index (κ3) is 31.2. The van der Waals surface area contributed by atoms with Crippen molar-refractivity contribution in [3.8, 4) is 0 Å². The summed E-state index contributed by atoms with van der Waals surface area (Å²) in [6, 6.07) is 0. The summed E-state index contributed by atoms with van der Waals surface area (Å²) in [4.78, 5) is 35.8. The van der Waals surface area contributed by atoms with E-state index < -0.39 is 87.9 Å². The van der Waals surface area contributed by atoms with E-state index in [2.05, 4.69) is 74.6 Å². The number of phosphoric acid groups is 1.